The third-order valence-electron chi connectivity index (χ3n) is 5.91. The number of rotatable bonds is 9. The van der Waals surface area contributed by atoms with Crippen molar-refractivity contribution >= 4 is 12.6 Å². The first-order chi connectivity index (χ1) is 11.8. The second kappa shape index (κ2) is 8.73. The fraction of sp³-hybridized carbons (Fsp3) is 0.727. The number of unbranched alkanes of at least 4 members (excludes halogenated alkanes) is 6. The van der Waals surface area contributed by atoms with Crippen LogP contribution in [-0.2, 0) is 15.7 Å². The van der Waals surface area contributed by atoms with Gasteiger partial charge in [0.05, 0.1) is 11.2 Å². The van der Waals surface area contributed by atoms with Gasteiger partial charge in [0.1, 0.15) is 0 Å². The first-order valence-electron chi connectivity index (χ1n) is 10.2. The summed E-state index contributed by atoms with van der Waals surface area (Å²) in [6.45, 7) is 12.9. The molecule has 0 bridgehead atoms. The van der Waals surface area contributed by atoms with Crippen LogP contribution in [0.1, 0.15) is 90.7 Å². The molecule has 0 saturated carbocycles. The van der Waals surface area contributed by atoms with E-state index in [0.717, 1.165) is 0 Å². The van der Waals surface area contributed by atoms with Gasteiger partial charge in [-0.05, 0) is 58.5 Å². The Balaban J connectivity index is 1.85. The van der Waals surface area contributed by atoms with Crippen LogP contribution in [0.25, 0.3) is 0 Å². The molecule has 0 amide bonds. The molecule has 1 heterocycles. The Morgan fingerprint density at radius 1 is 0.840 bits per heavy atom. The van der Waals surface area contributed by atoms with Crippen LogP contribution in [-0.4, -0.2) is 18.3 Å². The van der Waals surface area contributed by atoms with Crippen LogP contribution in [0.2, 0.25) is 0 Å². The van der Waals surface area contributed by atoms with Crippen LogP contribution >= 0.6 is 0 Å². The summed E-state index contributed by atoms with van der Waals surface area (Å²) in [5, 5.41) is 0. The quantitative estimate of drug-likeness (QED) is 0.430. The van der Waals surface area contributed by atoms with Gasteiger partial charge in [0, 0.05) is 0 Å². The van der Waals surface area contributed by atoms with Gasteiger partial charge in [0.25, 0.3) is 0 Å². The molecule has 0 N–H and O–H groups in total. The molecular formula is C22H37BO2. The zero-order valence-corrected chi connectivity index (χ0v) is 17.3. The third-order valence-corrected chi connectivity index (χ3v) is 5.91. The summed E-state index contributed by atoms with van der Waals surface area (Å²) in [5.74, 6) is 0. The van der Waals surface area contributed by atoms with Gasteiger partial charge in [-0.1, -0.05) is 69.2 Å². The van der Waals surface area contributed by atoms with Crippen molar-refractivity contribution in [2.45, 2.75) is 104 Å². The molecule has 0 spiro atoms. The summed E-state index contributed by atoms with van der Waals surface area (Å²) in [6, 6.07) is 6.77. The molecular weight excluding hydrogens is 307 g/mol. The highest BCUT2D eigenvalue weighted by Gasteiger charge is 2.51. The van der Waals surface area contributed by atoms with Crippen molar-refractivity contribution in [2.75, 3.05) is 0 Å². The minimum absolute atomic E-state index is 0.252. The highest BCUT2D eigenvalue weighted by molar-refractivity contribution is 6.62. The summed E-state index contributed by atoms with van der Waals surface area (Å²) in [5.41, 5.74) is 3.33. The lowest BCUT2D eigenvalue weighted by Crippen LogP contribution is -2.41. The molecule has 2 rings (SSSR count). The van der Waals surface area contributed by atoms with Gasteiger partial charge in [-0.25, -0.2) is 0 Å². The Morgan fingerprint density at radius 2 is 1.40 bits per heavy atom. The predicted octanol–water partition coefficient (Wildman–Crippen LogP) is 5.59. The fourth-order valence-corrected chi connectivity index (χ4v) is 3.41. The zero-order chi connectivity index (χ0) is 18.5. The maximum atomic E-state index is 6.19. The smallest absolute Gasteiger partial charge is 0.399 e. The van der Waals surface area contributed by atoms with Crippen molar-refractivity contribution in [3.63, 3.8) is 0 Å². The molecule has 0 aromatic heterocycles. The van der Waals surface area contributed by atoms with Crippen LogP contribution in [0.4, 0.5) is 0 Å². The lowest BCUT2D eigenvalue weighted by atomic mass is 9.75. The van der Waals surface area contributed by atoms with E-state index >= 15 is 0 Å². The van der Waals surface area contributed by atoms with E-state index in [9.17, 15) is 0 Å². The zero-order valence-electron chi connectivity index (χ0n) is 17.3. The van der Waals surface area contributed by atoms with Crippen molar-refractivity contribution in [3.8, 4) is 0 Å². The summed E-state index contributed by atoms with van der Waals surface area (Å²) in [4.78, 5) is 0. The molecule has 2 nitrogen and oxygen atoms in total. The standard InChI is InChI=1S/C22H37BO2/c1-7-8-9-10-11-12-13-14-19-15-16-20(18(2)17-19)23-24-21(3,4)22(5,6)25-23/h15-17H,7-14H2,1-6H3. The Kier molecular flexibility index (Phi) is 7.16. The Labute approximate surface area is 155 Å². The minimum atomic E-state index is -0.277. The van der Waals surface area contributed by atoms with E-state index in [2.05, 4.69) is 59.7 Å². The second-order valence-corrected chi connectivity index (χ2v) is 8.65. The largest absolute Gasteiger partial charge is 0.495 e. The Bertz CT molecular complexity index is 535. The van der Waals surface area contributed by atoms with E-state index in [-0.39, 0.29) is 18.3 Å². The Morgan fingerprint density at radius 3 is 1.96 bits per heavy atom. The second-order valence-electron chi connectivity index (χ2n) is 8.65. The topological polar surface area (TPSA) is 18.5 Å². The van der Waals surface area contributed by atoms with Crippen LogP contribution < -0.4 is 5.46 Å². The maximum Gasteiger partial charge on any atom is 0.495 e. The minimum Gasteiger partial charge on any atom is -0.399 e. The Hall–Kier alpha value is -0.795. The first kappa shape index (κ1) is 20.5. The summed E-state index contributed by atoms with van der Waals surface area (Å²) in [7, 11) is -0.252. The number of benzene rings is 1. The number of hydrogen-bond acceptors (Lipinski definition) is 2. The van der Waals surface area contributed by atoms with Gasteiger partial charge in [-0.3, -0.25) is 0 Å². The number of aryl methyl sites for hydroxylation is 2. The summed E-state index contributed by atoms with van der Waals surface area (Å²) >= 11 is 0. The van der Waals surface area contributed by atoms with Crippen molar-refractivity contribution in [1.29, 1.82) is 0 Å². The van der Waals surface area contributed by atoms with Crippen LogP contribution in [0.5, 0.6) is 0 Å². The number of hydrogen-bond donors (Lipinski definition) is 0. The molecule has 0 atom stereocenters. The average Bonchev–Trinajstić information content (AvgIpc) is 2.74. The molecule has 1 aromatic carbocycles. The monoisotopic (exact) mass is 344 g/mol. The van der Waals surface area contributed by atoms with Crippen molar-refractivity contribution in [2.24, 2.45) is 0 Å². The van der Waals surface area contributed by atoms with E-state index in [1.807, 2.05) is 0 Å². The van der Waals surface area contributed by atoms with Gasteiger partial charge >= 0.3 is 7.12 Å². The fourth-order valence-electron chi connectivity index (χ4n) is 3.41. The lowest BCUT2D eigenvalue weighted by Gasteiger charge is -2.32. The van der Waals surface area contributed by atoms with Gasteiger partial charge in [-0.2, -0.15) is 0 Å². The molecule has 0 aliphatic carbocycles. The first-order valence-corrected chi connectivity index (χ1v) is 10.2. The molecule has 25 heavy (non-hydrogen) atoms. The van der Waals surface area contributed by atoms with Crippen molar-refractivity contribution in [1.82, 2.24) is 0 Å². The molecule has 1 aliphatic rings. The molecule has 140 valence electrons. The van der Waals surface area contributed by atoms with Gasteiger partial charge in [0.2, 0.25) is 0 Å². The van der Waals surface area contributed by atoms with Crippen molar-refractivity contribution < 1.29 is 9.31 Å². The molecule has 1 aliphatic heterocycles. The molecule has 1 saturated heterocycles. The van der Waals surface area contributed by atoms with E-state index in [1.54, 1.807) is 0 Å². The third kappa shape index (κ3) is 5.34. The van der Waals surface area contributed by atoms with E-state index < -0.39 is 0 Å². The molecule has 1 fully saturated rings. The van der Waals surface area contributed by atoms with E-state index in [4.69, 9.17) is 9.31 Å². The van der Waals surface area contributed by atoms with Gasteiger partial charge in [-0.15, -0.1) is 0 Å². The van der Waals surface area contributed by atoms with Crippen LogP contribution in [0, 0.1) is 6.92 Å². The average molecular weight is 344 g/mol. The van der Waals surface area contributed by atoms with Crippen molar-refractivity contribution in [3.05, 3.63) is 29.3 Å². The maximum absolute atomic E-state index is 6.19. The summed E-state index contributed by atoms with van der Waals surface area (Å²) in [6.07, 6.45) is 10.7. The molecule has 0 unspecified atom stereocenters. The van der Waals surface area contributed by atoms with Crippen LogP contribution in [0.15, 0.2) is 18.2 Å². The normalized spacial score (nSPS) is 18.7. The SMILES string of the molecule is CCCCCCCCCc1ccc(B2OC(C)(C)C(C)(C)O2)c(C)c1. The van der Waals surface area contributed by atoms with Crippen LogP contribution in [0.3, 0.4) is 0 Å². The highest BCUT2D eigenvalue weighted by Crippen LogP contribution is 2.36. The van der Waals surface area contributed by atoms with Gasteiger partial charge in [0.15, 0.2) is 0 Å². The molecule has 1 aromatic rings. The lowest BCUT2D eigenvalue weighted by molar-refractivity contribution is 0.00578. The molecule has 0 radical (unpaired) electrons. The highest BCUT2D eigenvalue weighted by atomic mass is 16.7. The van der Waals surface area contributed by atoms with E-state index in [0.29, 0.717) is 0 Å². The molecule has 3 heteroatoms. The van der Waals surface area contributed by atoms with E-state index in [1.165, 1.54) is 68.0 Å². The van der Waals surface area contributed by atoms with Gasteiger partial charge < -0.3 is 9.31 Å². The predicted molar refractivity (Wildman–Crippen MR) is 109 cm³/mol. The summed E-state index contributed by atoms with van der Waals surface area (Å²) < 4.78 is 12.4.